The summed E-state index contributed by atoms with van der Waals surface area (Å²) in [6.07, 6.45) is 0. The van der Waals surface area contributed by atoms with Gasteiger partial charge in [0.05, 0.1) is 16.4 Å². The fourth-order valence-corrected chi connectivity index (χ4v) is 3.76. The van der Waals surface area contributed by atoms with Gasteiger partial charge in [0.1, 0.15) is 0 Å². The molecule has 2 aromatic carbocycles. The van der Waals surface area contributed by atoms with Gasteiger partial charge in [-0.2, -0.15) is 0 Å². The molecule has 0 unspecified atom stereocenters. The maximum absolute atomic E-state index is 12.0. The molecule has 0 heterocycles. The zero-order valence-electron chi connectivity index (χ0n) is 15.9. The first-order chi connectivity index (χ1) is 13.2. The van der Waals surface area contributed by atoms with Crippen molar-refractivity contribution in [3.8, 4) is 0 Å². The van der Waals surface area contributed by atoms with Crippen LogP contribution in [0.2, 0.25) is 0 Å². The molecule has 7 nitrogen and oxygen atoms in total. The minimum absolute atomic E-state index is 0.108. The van der Waals surface area contributed by atoms with Crippen LogP contribution in [-0.4, -0.2) is 38.8 Å². The fourth-order valence-electron chi connectivity index (χ4n) is 2.41. The third-order valence-corrected chi connectivity index (χ3v) is 6.20. The highest BCUT2D eigenvalue weighted by molar-refractivity contribution is 8.00. The van der Waals surface area contributed by atoms with Crippen LogP contribution in [0.3, 0.4) is 0 Å². The van der Waals surface area contributed by atoms with Crippen molar-refractivity contribution in [2.45, 2.75) is 18.7 Å². The average Bonchev–Trinajstić information content (AvgIpc) is 2.64. The summed E-state index contributed by atoms with van der Waals surface area (Å²) in [5.74, 6) is -0.184. The first-order valence-corrected chi connectivity index (χ1v) is 11.1. The standard InChI is InChI=1S/C19H23N3O4S2/c1-13-4-9-17(14(2)10-13)22-19(24)12-27-11-18(23)21-15-5-7-16(8-6-15)28(25,26)20-3/h4-10,20H,11-12H2,1-3H3,(H,21,23)(H,22,24). The Balaban J connectivity index is 1.78. The third kappa shape index (κ3) is 6.36. The monoisotopic (exact) mass is 421 g/mol. The zero-order valence-corrected chi connectivity index (χ0v) is 17.5. The second kappa shape index (κ2) is 9.72. The molecule has 0 aliphatic rings. The van der Waals surface area contributed by atoms with Crippen molar-refractivity contribution in [3.63, 3.8) is 0 Å². The van der Waals surface area contributed by atoms with Crippen molar-refractivity contribution in [2.75, 3.05) is 29.2 Å². The first-order valence-electron chi connectivity index (χ1n) is 8.49. The van der Waals surface area contributed by atoms with Gasteiger partial charge in [0.25, 0.3) is 0 Å². The number of carbonyl (C=O) groups excluding carboxylic acids is 2. The van der Waals surface area contributed by atoms with Gasteiger partial charge in [-0.1, -0.05) is 17.7 Å². The molecule has 2 aromatic rings. The fraction of sp³-hybridized carbons (Fsp3) is 0.263. The summed E-state index contributed by atoms with van der Waals surface area (Å²) in [5.41, 5.74) is 3.36. The smallest absolute Gasteiger partial charge is 0.240 e. The van der Waals surface area contributed by atoms with Gasteiger partial charge in [-0.3, -0.25) is 9.59 Å². The molecule has 0 aliphatic heterocycles. The molecule has 0 radical (unpaired) electrons. The molecule has 0 bridgehead atoms. The molecule has 2 amide bonds. The van der Waals surface area contributed by atoms with Gasteiger partial charge in [0, 0.05) is 11.4 Å². The van der Waals surface area contributed by atoms with E-state index in [1.54, 1.807) is 0 Å². The van der Waals surface area contributed by atoms with E-state index in [-0.39, 0.29) is 28.2 Å². The number of sulfonamides is 1. The number of thioether (sulfide) groups is 1. The lowest BCUT2D eigenvalue weighted by Crippen LogP contribution is -2.19. The average molecular weight is 422 g/mol. The van der Waals surface area contributed by atoms with Crippen LogP contribution < -0.4 is 15.4 Å². The summed E-state index contributed by atoms with van der Waals surface area (Å²) in [6, 6.07) is 11.6. The van der Waals surface area contributed by atoms with Gasteiger partial charge in [-0.15, -0.1) is 11.8 Å². The minimum Gasteiger partial charge on any atom is -0.325 e. The summed E-state index contributed by atoms with van der Waals surface area (Å²) >= 11 is 1.20. The van der Waals surface area contributed by atoms with Crippen LogP contribution in [-0.2, 0) is 19.6 Å². The molecule has 0 aliphatic carbocycles. The van der Waals surface area contributed by atoms with E-state index in [0.717, 1.165) is 16.8 Å². The maximum atomic E-state index is 12.0. The number of nitrogens with one attached hydrogen (secondary N) is 3. The van der Waals surface area contributed by atoms with E-state index in [0.29, 0.717) is 5.69 Å². The van der Waals surface area contributed by atoms with Gasteiger partial charge in [0.15, 0.2) is 0 Å². The van der Waals surface area contributed by atoms with Crippen molar-refractivity contribution in [1.29, 1.82) is 0 Å². The molecule has 0 aromatic heterocycles. The van der Waals surface area contributed by atoms with E-state index in [1.807, 2.05) is 32.0 Å². The molecule has 28 heavy (non-hydrogen) atoms. The molecule has 150 valence electrons. The number of aryl methyl sites for hydroxylation is 2. The lowest BCUT2D eigenvalue weighted by Gasteiger charge is -2.09. The topological polar surface area (TPSA) is 104 Å². The highest BCUT2D eigenvalue weighted by atomic mass is 32.2. The van der Waals surface area contributed by atoms with Crippen LogP contribution in [0.1, 0.15) is 11.1 Å². The second-order valence-electron chi connectivity index (χ2n) is 6.14. The van der Waals surface area contributed by atoms with Crippen LogP contribution in [0.15, 0.2) is 47.4 Å². The number of hydrogen-bond donors (Lipinski definition) is 3. The number of hydrogen-bond acceptors (Lipinski definition) is 5. The van der Waals surface area contributed by atoms with Gasteiger partial charge in [-0.25, -0.2) is 13.1 Å². The summed E-state index contributed by atoms with van der Waals surface area (Å²) < 4.78 is 25.6. The van der Waals surface area contributed by atoms with E-state index in [9.17, 15) is 18.0 Å². The predicted octanol–water partition coefficient (Wildman–Crippen LogP) is 2.52. The van der Waals surface area contributed by atoms with Crippen molar-refractivity contribution in [3.05, 3.63) is 53.6 Å². The van der Waals surface area contributed by atoms with Gasteiger partial charge >= 0.3 is 0 Å². The molecule has 9 heteroatoms. The summed E-state index contributed by atoms with van der Waals surface area (Å²) in [6.45, 7) is 3.91. The molecule has 3 N–H and O–H groups in total. The Bertz CT molecular complexity index is 958. The number of anilines is 2. The number of amides is 2. The van der Waals surface area contributed by atoms with Crippen LogP contribution in [0, 0.1) is 13.8 Å². The first kappa shape index (κ1) is 21.9. The number of rotatable bonds is 8. The maximum Gasteiger partial charge on any atom is 0.240 e. The third-order valence-electron chi connectivity index (χ3n) is 3.84. The van der Waals surface area contributed by atoms with E-state index < -0.39 is 10.0 Å². The molecule has 0 atom stereocenters. The van der Waals surface area contributed by atoms with E-state index in [4.69, 9.17) is 0 Å². The van der Waals surface area contributed by atoms with E-state index in [1.165, 1.54) is 43.1 Å². The molecule has 0 saturated carbocycles. The molecule has 0 saturated heterocycles. The van der Waals surface area contributed by atoms with Crippen LogP contribution >= 0.6 is 11.8 Å². The summed E-state index contributed by atoms with van der Waals surface area (Å²) in [5, 5.41) is 5.50. The van der Waals surface area contributed by atoms with Gasteiger partial charge in [0.2, 0.25) is 21.8 Å². The Morgan fingerprint density at radius 2 is 1.54 bits per heavy atom. The van der Waals surface area contributed by atoms with Crippen molar-refractivity contribution < 1.29 is 18.0 Å². The lowest BCUT2D eigenvalue weighted by atomic mass is 10.1. The van der Waals surface area contributed by atoms with E-state index >= 15 is 0 Å². The largest absolute Gasteiger partial charge is 0.325 e. The highest BCUT2D eigenvalue weighted by Gasteiger charge is 2.11. The Morgan fingerprint density at radius 1 is 0.929 bits per heavy atom. The molecular formula is C19H23N3O4S2. The van der Waals surface area contributed by atoms with Crippen LogP contribution in [0.4, 0.5) is 11.4 Å². The summed E-state index contributed by atoms with van der Waals surface area (Å²) in [4.78, 5) is 24.1. The SMILES string of the molecule is CNS(=O)(=O)c1ccc(NC(=O)CSCC(=O)Nc2ccc(C)cc2C)cc1. The van der Waals surface area contributed by atoms with Gasteiger partial charge in [-0.05, 0) is 56.8 Å². The van der Waals surface area contributed by atoms with Crippen LogP contribution in [0.5, 0.6) is 0 Å². The molecule has 0 fully saturated rings. The number of carbonyl (C=O) groups is 2. The Kier molecular flexibility index (Phi) is 7.61. The van der Waals surface area contributed by atoms with Crippen molar-refractivity contribution in [1.82, 2.24) is 4.72 Å². The Labute approximate surface area is 169 Å². The van der Waals surface area contributed by atoms with Crippen molar-refractivity contribution >= 4 is 45.0 Å². The minimum atomic E-state index is -3.51. The molecular weight excluding hydrogens is 398 g/mol. The summed E-state index contributed by atoms with van der Waals surface area (Å²) in [7, 11) is -2.18. The quantitative estimate of drug-likeness (QED) is 0.608. The van der Waals surface area contributed by atoms with E-state index in [2.05, 4.69) is 15.4 Å². The Hall–Kier alpha value is -2.36. The van der Waals surface area contributed by atoms with Gasteiger partial charge < -0.3 is 10.6 Å². The molecule has 2 rings (SSSR count). The normalized spacial score (nSPS) is 11.1. The predicted molar refractivity (Wildman–Crippen MR) is 113 cm³/mol. The zero-order chi connectivity index (χ0) is 20.7. The Morgan fingerprint density at radius 3 is 2.11 bits per heavy atom. The lowest BCUT2D eigenvalue weighted by molar-refractivity contribution is -0.114. The molecule has 0 spiro atoms. The van der Waals surface area contributed by atoms with Crippen LogP contribution in [0.25, 0.3) is 0 Å². The second-order valence-corrected chi connectivity index (χ2v) is 9.01. The number of benzene rings is 2. The van der Waals surface area contributed by atoms with Crippen molar-refractivity contribution in [2.24, 2.45) is 0 Å². The highest BCUT2D eigenvalue weighted by Crippen LogP contribution is 2.17.